The molecule has 2 aromatic heterocycles. The fourth-order valence-corrected chi connectivity index (χ4v) is 6.89. The van der Waals surface area contributed by atoms with Crippen molar-refractivity contribution in [3.63, 3.8) is 0 Å². The van der Waals surface area contributed by atoms with E-state index in [1.54, 1.807) is 72.4 Å². The average Bonchev–Trinajstić information content (AvgIpc) is 3.20. The van der Waals surface area contributed by atoms with Crippen LogP contribution in [0.1, 0.15) is 11.1 Å². The number of rotatable bonds is 14. The molecule has 0 fully saturated rings. The molecule has 312 valence electrons. The lowest BCUT2D eigenvalue weighted by atomic mass is 10.1. The Kier molecular flexibility index (Phi) is 13.4. The number of likely N-dealkylation sites (N-methyl/N-ethyl adjacent to an activating group) is 2. The molecule has 0 saturated carbocycles. The summed E-state index contributed by atoms with van der Waals surface area (Å²) in [5, 5.41) is 19.0. The molecule has 0 atom stereocenters. The number of aromatic nitrogens is 6. The van der Waals surface area contributed by atoms with Gasteiger partial charge in [-0.05, 0) is 59.7 Å². The molecular weight excluding hydrogens is 817 g/mol. The first-order valence-electron chi connectivity index (χ1n) is 17.9. The fourth-order valence-electron chi connectivity index (χ4n) is 5.48. The van der Waals surface area contributed by atoms with Crippen LogP contribution in [0.4, 0.5) is 34.6 Å². The molecule has 4 aromatic carbocycles. The van der Waals surface area contributed by atoms with Crippen LogP contribution >= 0.6 is 0 Å². The molecule has 0 unspecified atom stereocenters. The summed E-state index contributed by atoms with van der Waals surface area (Å²) >= 11 is 0. The van der Waals surface area contributed by atoms with E-state index in [0.717, 1.165) is 12.1 Å². The van der Waals surface area contributed by atoms with Crippen molar-refractivity contribution in [1.82, 2.24) is 29.9 Å². The third kappa shape index (κ3) is 11.4. The van der Waals surface area contributed by atoms with Gasteiger partial charge in [0.05, 0.1) is 36.0 Å². The fraction of sp³-hybridized carbons (Fsp3) is 0.158. The second-order valence-corrected chi connectivity index (χ2v) is 15.6. The third-order valence-corrected chi connectivity index (χ3v) is 10.2. The summed E-state index contributed by atoms with van der Waals surface area (Å²) in [7, 11) is -6.36. The summed E-state index contributed by atoms with van der Waals surface area (Å²) in [6.45, 7) is 0.119. The van der Waals surface area contributed by atoms with Crippen LogP contribution in [0.15, 0.2) is 127 Å². The Balaban J connectivity index is 1.39. The second-order valence-electron chi connectivity index (χ2n) is 12.9. The van der Waals surface area contributed by atoms with E-state index in [1.807, 2.05) is 12.1 Å². The van der Waals surface area contributed by atoms with Crippen molar-refractivity contribution in [3.8, 4) is 0 Å². The number of hydrogen-bond acceptors (Lipinski definition) is 14. The van der Waals surface area contributed by atoms with E-state index in [-0.39, 0.29) is 83.2 Å². The molecule has 60 heavy (non-hydrogen) atoms. The van der Waals surface area contributed by atoms with Gasteiger partial charge in [0.15, 0.2) is 0 Å². The number of anilines is 2. The Morgan fingerprint density at radius 3 is 1.28 bits per heavy atom. The number of nitrogens with zero attached hydrogens (tertiary/aromatic N) is 8. The number of aliphatic hydroxyl groups excluding tert-OH is 2. The highest BCUT2D eigenvalue weighted by Crippen LogP contribution is 2.27. The first-order chi connectivity index (χ1) is 28.7. The lowest BCUT2D eigenvalue weighted by Gasteiger charge is -2.15. The molecule has 0 spiro atoms. The molecule has 0 saturated heterocycles. The number of hydrogen-bond donors (Lipinski definition) is 8. The lowest BCUT2D eigenvalue weighted by Crippen LogP contribution is -2.33. The van der Waals surface area contributed by atoms with Gasteiger partial charge in [-0.1, -0.05) is 60.7 Å². The third-order valence-electron chi connectivity index (χ3n) is 8.40. The monoisotopic (exact) mass is 856 g/mol. The highest BCUT2D eigenvalue weighted by Gasteiger charge is 2.18. The average molecular weight is 857 g/mol. The van der Waals surface area contributed by atoms with Gasteiger partial charge in [0.25, 0.3) is 20.2 Å². The molecule has 0 amide bonds. The van der Waals surface area contributed by atoms with Crippen molar-refractivity contribution in [3.05, 3.63) is 131 Å². The van der Waals surface area contributed by atoms with Crippen molar-refractivity contribution in [2.24, 2.45) is 20.0 Å². The highest BCUT2D eigenvalue weighted by atomic mass is 32.2. The van der Waals surface area contributed by atoms with Crippen molar-refractivity contribution in [2.45, 2.75) is 9.79 Å². The largest absolute Gasteiger partial charge is 0.395 e. The number of aromatic amines is 4. The molecule has 8 N–H and O–H groups in total. The van der Waals surface area contributed by atoms with Gasteiger partial charge < -0.3 is 20.0 Å². The lowest BCUT2D eigenvalue weighted by molar-refractivity contribution is 0.303. The van der Waals surface area contributed by atoms with Crippen molar-refractivity contribution >= 4 is 67.0 Å². The molecule has 0 aliphatic carbocycles. The first kappa shape index (κ1) is 42.8. The molecule has 0 aliphatic rings. The summed E-state index contributed by atoms with van der Waals surface area (Å²) < 4.78 is 71.0. The smallest absolute Gasteiger partial charge is 0.295 e. The second kappa shape index (κ2) is 18.8. The zero-order chi connectivity index (χ0) is 42.9. The molecule has 22 heteroatoms. The Labute approximate surface area is 342 Å². The van der Waals surface area contributed by atoms with Gasteiger partial charge in [0.2, 0.25) is 34.4 Å². The van der Waals surface area contributed by atoms with Crippen LogP contribution in [-0.2, 0) is 20.2 Å². The molecule has 0 radical (unpaired) electrons. The Hall–Kier alpha value is -6.82. The number of benzene rings is 4. The topological polar surface area (TPSA) is 294 Å². The minimum Gasteiger partial charge on any atom is -0.395 e. The maximum Gasteiger partial charge on any atom is 0.295 e. The van der Waals surface area contributed by atoms with Crippen LogP contribution in [-0.4, -0.2) is 106 Å². The highest BCUT2D eigenvalue weighted by molar-refractivity contribution is 7.86. The minimum atomic E-state index is -4.87. The normalized spacial score (nSPS) is 13.4. The van der Waals surface area contributed by atoms with E-state index in [1.165, 1.54) is 36.4 Å². The van der Waals surface area contributed by atoms with Crippen LogP contribution in [0.2, 0.25) is 0 Å². The maximum atomic E-state index is 12.6. The summed E-state index contributed by atoms with van der Waals surface area (Å²) in [5.41, 5.74) is 1.78. The van der Waals surface area contributed by atoms with Gasteiger partial charge in [-0.25, -0.2) is 20.0 Å². The van der Waals surface area contributed by atoms with Crippen LogP contribution < -0.4 is 32.3 Å². The molecule has 2 heterocycles. The molecule has 20 nitrogen and oxygen atoms in total. The van der Waals surface area contributed by atoms with Crippen LogP contribution in [0.5, 0.6) is 0 Å². The van der Waals surface area contributed by atoms with Crippen molar-refractivity contribution in [1.29, 1.82) is 0 Å². The predicted molar refractivity (Wildman–Crippen MR) is 222 cm³/mol. The van der Waals surface area contributed by atoms with E-state index in [2.05, 4.69) is 49.9 Å². The van der Waals surface area contributed by atoms with Gasteiger partial charge in [-0.3, -0.25) is 29.0 Å². The number of H-pyrrole nitrogens is 4. The Morgan fingerprint density at radius 2 is 0.933 bits per heavy atom. The number of aliphatic hydroxyl groups is 2. The summed E-state index contributed by atoms with van der Waals surface area (Å²) in [6, 6.07) is 25.8. The van der Waals surface area contributed by atoms with Crippen molar-refractivity contribution in [2.75, 3.05) is 50.2 Å². The van der Waals surface area contributed by atoms with Gasteiger partial charge in [-0.15, -0.1) is 0 Å². The van der Waals surface area contributed by atoms with Crippen molar-refractivity contribution < 1.29 is 36.2 Å². The van der Waals surface area contributed by atoms with Gasteiger partial charge in [0.1, 0.15) is 9.79 Å². The van der Waals surface area contributed by atoms with Gasteiger partial charge in [-0.2, -0.15) is 26.8 Å². The first-order valence-corrected chi connectivity index (χ1v) is 20.8. The number of para-hydroxylation sites is 2. The van der Waals surface area contributed by atoms with Crippen LogP contribution in [0.25, 0.3) is 12.2 Å². The molecule has 0 aliphatic heterocycles. The zero-order valence-electron chi connectivity index (χ0n) is 32.0. The standard InChI is InChI=1S/C38H40N12O8S2/c1-49(19-21-51)37-45-33(39-27-9-5-3-6-10-27)43-35(47-37)41-29-17-15-25(31(23-29)59(53,54)55)13-14-26-16-18-30(24-32(26)60(56,57)58)42-36-44-34(40-28-11-7-4-8-12-28)46-38(48-36)50(2)20-22-52/h3-18,23-24,51-52H,19-22H2,1-2H3,(H,53,54,55)(H,56,57,58)(H2,39,41,43,45,47)(H2,40,42,44,46,48). The van der Waals surface area contributed by atoms with Gasteiger partial charge in [0, 0.05) is 27.2 Å². The molecule has 6 rings (SSSR count). The maximum absolute atomic E-state index is 12.6. The van der Waals surface area contributed by atoms with E-state index < -0.39 is 30.0 Å². The number of nitrogens with one attached hydrogen (secondary N) is 4. The summed E-state index contributed by atoms with van der Waals surface area (Å²) in [5.74, 6) is 0.574. The van der Waals surface area contributed by atoms with E-state index in [0.29, 0.717) is 11.4 Å². The van der Waals surface area contributed by atoms with Crippen LogP contribution in [0, 0.1) is 0 Å². The predicted octanol–water partition coefficient (Wildman–Crippen LogP) is 2.24. The quantitative estimate of drug-likeness (QED) is 0.0578. The Morgan fingerprint density at radius 1 is 0.550 bits per heavy atom. The molecule has 6 aromatic rings. The summed E-state index contributed by atoms with van der Waals surface area (Å²) in [4.78, 5) is 40.8. The van der Waals surface area contributed by atoms with E-state index in [9.17, 15) is 36.2 Å². The molecule has 0 bridgehead atoms. The minimum absolute atomic E-state index is 0.0347. The van der Waals surface area contributed by atoms with E-state index >= 15 is 0 Å². The Bertz CT molecular complexity index is 2820. The van der Waals surface area contributed by atoms with Gasteiger partial charge >= 0.3 is 0 Å². The zero-order valence-corrected chi connectivity index (χ0v) is 33.7. The SMILES string of the molecule is CN(CCO)c1nc(=Nc2ccccc2)[nH]c(=Nc2ccc(C=Cc3ccc(N=c4[nH]c(N(C)CCO)nc(=Nc5ccccc5)[nH]4)cc3S(=O)(=O)O)c(S(=O)(=O)O)c2)[nH]1. The van der Waals surface area contributed by atoms with Crippen LogP contribution in [0.3, 0.4) is 0 Å². The van der Waals surface area contributed by atoms with E-state index in [4.69, 9.17) is 0 Å². The summed E-state index contributed by atoms with van der Waals surface area (Å²) in [6.07, 6.45) is 2.50. The molecular formula is C38H40N12O8S2.